The number of halogens is 3. The number of rotatable bonds is 8. The molecule has 2 fully saturated rings. The van der Waals surface area contributed by atoms with Crippen molar-refractivity contribution >= 4 is 22.5 Å². The molecule has 9 nitrogen and oxygen atoms in total. The molecule has 0 aliphatic carbocycles. The van der Waals surface area contributed by atoms with E-state index in [2.05, 4.69) is 20.5 Å². The average molecular weight is 575 g/mol. The first-order valence-corrected chi connectivity index (χ1v) is 14.1. The summed E-state index contributed by atoms with van der Waals surface area (Å²) in [5.41, 5.74) is -1.51. The monoisotopic (exact) mass is 574 g/mol. The Morgan fingerprint density at radius 3 is 2.56 bits per heavy atom. The van der Waals surface area contributed by atoms with E-state index in [1.165, 1.54) is 6.07 Å². The first-order valence-electron chi connectivity index (χ1n) is 14.1. The van der Waals surface area contributed by atoms with Gasteiger partial charge < -0.3 is 25.4 Å². The number of ether oxygens (including phenoxy) is 1. The minimum atomic E-state index is -4.67. The standard InChI is InChI=1S/C29H37F3N6O3/c1-28(2,40)22-17-24-19(16-25(22)35-27(39)23-4-3-5-26(34-23)29(30,31)32)18-38(36-24)20-8-12-37(13-9-20)14-15-41-21-6-10-33-11-7-21/h3-5,16-18,20-21,33,40H,6-15H2,1-2H3,(H,35,39). The van der Waals surface area contributed by atoms with Gasteiger partial charge >= 0.3 is 6.18 Å². The zero-order valence-corrected chi connectivity index (χ0v) is 23.4. The number of nitrogens with zero attached hydrogens (tertiary/aromatic N) is 4. The predicted molar refractivity (Wildman–Crippen MR) is 149 cm³/mol. The van der Waals surface area contributed by atoms with Gasteiger partial charge in [0.1, 0.15) is 11.4 Å². The molecule has 4 heterocycles. The van der Waals surface area contributed by atoms with Crippen molar-refractivity contribution in [3.05, 3.63) is 53.5 Å². The molecule has 3 aromatic rings. The third-order valence-corrected chi connectivity index (χ3v) is 7.82. The molecule has 222 valence electrons. The molecule has 41 heavy (non-hydrogen) atoms. The summed E-state index contributed by atoms with van der Waals surface area (Å²) in [4.78, 5) is 18.8. The maximum Gasteiger partial charge on any atom is 0.433 e. The van der Waals surface area contributed by atoms with Gasteiger partial charge in [-0.15, -0.1) is 0 Å². The van der Waals surface area contributed by atoms with E-state index in [4.69, 9.17) is 9.84 Å². The lowest BCUT2D eigenvalue weighted by Crippen LogP contribution is -2.38. The number of pyridine rings is 1. The molecule has 1 amide bonds. The van der Waals surface area contributed by atoms with Crippen molar-refractivity contribution in [1.82, 2.24) is 25.0 Å². The van der Waals surface area contributed by atoms with Crippen molar-refractivity contribution in [3.8, 4) is 0 Å². The molecule has 0 unspecified atom stereocenters. The van der Waals surface area contributed by atoms with Crippen molar-refractivity contribution < 1.29 is 27.8 Å². The number of nitrogens with one attached hydrogen (secondary N) is 2. The van der Waals surface area contributed by atoms with Crippen LogP contribution in [0.15, 0.2) is 36.5 Å². The Hall–Kier alpha value is -3.06. The lowest BCUT2D eigenvalue weighted by molar-refractivity contribution is -0.141. The van der Waals surface area contributed by atoms with Crippen LogP contribution in [0.2, 0.25) is 0 Å². The fraction of sp³-hybridized carbons (Fsp3) is 0.552. The summed E-state index contributed by atoms with van der Waals surface area (Å²) >= 11 is 0. The number of benzene rings is 1. The summed E-state index contributed by atoms with van der Waals surface area (Å²) < 4.78 is 47.3. The van der Waals surface area contributed by atoms with E-state index in [0.29, 0.717) is 17.2 Å². The molecule has 2 aliphatic heterocycles. The number of fused-ring (bicyclic) bond motifs is 1. The molecule has 0 spiro atoms. The minimum Gasteiger partial charge on any atom is -0.386 e. The van der Waals surface area contributed by atoms with E-state index in [0.717, 1.165) is 82.5 Å². The van der Waals surface area contributed by atoms with Crippen molar-refractivity contribution in [1.29, 1.82) is 0 Å². The zero-order chi connectivity index (χ0) is 29.2. The number of carbonyl (C=O) groups excluding carboxylic acids is 1. The maximum atomic E-state index is 13.1. The first-order chi connectivity index (χ1) is 19.5. The largest absolute Gasteiger partial charge is 0.433 e. The molecular weight excluding hydrogens is 537 g/mol. The zero-order valence-electron chi connectivity index (χ0n) is 23.4. The number of alkyl halides is 3. The minimum absolute atomic E-state index is 0.210. The van der Waals surface area contributed by atoms with Crippen molar-refractivity contribution in [2.24, 2.45) is 0 Å². The van der Waals surface area contributed by atoms with E-state index in [1.54, 1.807) is 26.0 Å². The van der Waals surface area contributed by atoms with Gasteiger partial charge in [-0.3, -0.25) is 9.48 Å². The molecule has 2 saturated heterocycles. The molecule has 0 atom stereocenters. The summed E-state index contributed by atoms with van der Waals surface area (Å²) in [5.74, 6) is -0.801. The highest BCUT2D eigenvalue weighted by Crippen LogP contribution is 2.34. The second-order valence-electron chi connectivity index (χ2n) is 11.4. The van der Waals surface area contributed by atoms with Crippen LogP contribution in [0.4, 0.5) is 18.9 Å². The van der Waals surface area contributed by atoms with Crippen molar-refractivity contribution in [2.45, 2.75) is 63.5 Å². The molecule has 12 heteroatoms. The Morgan fingerprint density at radius 2 is 1.88 bits per heavy atom. The first kappa shape index (κ1) is 29.4. The number of aliphatic hydroxyl groups is 1. The normalized spacial score (nSPS) is 18.2. The van der Waals surface area contributed by atoms with Crippen LogP contribution < -0.4 is 10.6 Å². The lowest BCUT2D eigenvalue weighted by Gasteiger charge is -2.32. The molecule has 1 aromatic carbocycles. The van der Waals surface area contributed by atoms with Crippen LogP contribution >= 0.6 is 0 Å². The third kappa shape index (κ3) is 7.24. The van der Waals surface area contributed by atoms with Crippen LogP contribution in [0, 0.1) is 0 Å². The van der Waals surface area contributed by atoms with Gasteiger partial charge in [0.15, 0.2) is 0 Å². The quantitative estimate of drug-likeness (QED) is 0.368. The number of likely N-dealkylation sites (tertiary alicyclic amines) is 1. The van der Waals surface area contributed by atoms with Crippen LogP contribution in [-0.2, 0) is 16.5 Å². The topological polar surface area (TPSA) is 105 Å². The van der Waals surface area contributed by atoms with Crippen LogP contribution in [0.25, 0.3) is 10.9 Å². The number of piperidine rings is 2. The van der Waals surface area contributed by atoms with Crippen molar-refractivity contribution in [2.75, 3.05) is 44.6 Å². The summed E-state index contributed by atoms with van der Waals surface area (Å²) in [6, 6.07) is 6.80. The van der Waals surface area contributed by atoms with E-state index in [1.807, 2.05) is 10.9 Å². The fourth-order valence-electron chi connectivity index (χ4n) is 5.51. The molecule has 0 bridgehead atoms. The smallest absolute Gasteiger partial charge is 0.386 e. The molecule has 0 radical (unpaired) electrons. The van der Waals surface area contributed by atoms with Crippen LogP contribution in [-0.4, -0.2) is 76.1 Å². The molecule has 0 saturated carbocycles. The molecule has 5 rings (SSSR count). The third-order valence-electron chi connectivity index (χ3n) is 7.82. The van der Waals surface area contributed by atoms with E-state index in [9.17, 15) is 23.1 Å². The number of carbonyl (C=O) groups is 1. The van der Waals surface area contributed by atoms with E-state index in [-0.39, 0.29) is 17.4 Å². The number of amides is 1. The van der Waals surface area contributed by atoms with Gasteiger partial charge in [0, 0.05) is 42.5 Å². The Bertz CT molecular complexity index is 1360. The molecule has 2 aromatic heterocycles. The molecule has 3 N–H and O–H groups in total. The number of hydrogen-bond acceptors (Lipinski definition) is 7. The van der Waals surface area contributed by atoms with Gasteiger partial charge in [0.05, 0.1) is 29.9 Å². The van der Waals surface area contributed by atoms with Gasteiger partial charge in [-0.05, 0) is 76.9 Å². The lowest BCUT2D eigenvalue weighted by atomic mass is 9.95. The predicted octanol–water partition coefficient (Wildman–Crippen LogP) is 4.34. The second kappa shape index (κ2) is 12.0. The van der Waals surface area contributed by atoms with Crippen LogP contribution in [0.3, 0.4) is 0 Å². The van der Waals surface area contributed by atoms with Gasteiger partial charge in [-0.25, -0.2) is 4.98 Å². The average Bonchev–Trinajstić information content (AvgIpc) is 3.36. The van der Waals surface area contributed by atoms with Gasteiger partial charge in [-0.2, -0.15) is 18.3 Å². The summed E-state index contributed by atoms with van der Waals surface area (Å²) in [6.07, 6.45) is 1.61. The Labute approximate surface area is 237 Å². The Morgan fingerprint density at radius 1 is 1.15 bits per heavy atom. The second-order valence-corrected chi connectivity index (χ2v) is 11.4. The highest BCUT2D eigenvalue weighted by molar-refractivity contribution is 6.04. The number of anilines is 1. The number of hydrogen-bond donors (Lipinski definition) is 3. The maximum absolute atomic E-state index is 13.1. The van der Waals surface area contributed by atoms with Gasteiger partial charge in [0.25, 0.3) is 5.91 Å². The van der Waals surface area contributed by atoms with Crippen molar-refractivity contribution in [3.63, 3.8) is 0 Å². The Kier molecular flexibility index (Phi) is 8.65. The summed E-state index contributed by atoms with van der Waals surface area (Å²) in [7, 11) is 0. The number of aromatic nitrogens is 3. The highest BCUT2D eigenvalue weighted by atomic mass is 19.4. The SMILES string of the molecule is CC(C)(O)c1cc2nn(C3CCN(CCOC4CCNCC4)CC3)cc2cc1NC(=O)c1cccc(C(F)(F)F)n1. The van der Waals surface area contributed by atoms with E-state index >= 15 is 0 Å². The van der Waals surface area contributed by atoms with Gasteiger partial charge in [-0.1, -0.05) is 6.07 Å². The summed E-state index contributed by atoms with van der Waals surface area (Å²) in [6.45, 7) is 8.73. The van der Waals surface area contributed by atoms with E-state index < -0.39 is 23.4 Å². The highest BCUT2D eigenvalue weighted by Gasteiger charge is 2.33. The van der Waals surface area contributed by atoms with Crippen LogP contribution in [0.5, 0.6) is 0 Å². The Balaban J connectivity index is 1.27. The fourth-order valence-corrected chi connectivity index (χ4v) is 5.51. The molecule has 2 aliphatic rings. The summed E-state index contributed by atoms with van der Waals surface area (Å²) in [5, 5.41) is 22.4. The van der Waals surface area contributed by atoms with Gasteiger partial charge in [0.2, 0.25) is 0 Å². The van der Waals surface area contributed by atoms with Crippen LogP contribution in [0.1, 0.15) is 67.3 Å². The molecular formula is C29H37F3N6O3.